The van der Waals surface area contributed by atoms with Gasteiger partial charge >= 0.3 is 11.4 Å². The van der Waals surface area contributed by atoms with Gasteiger partial charge in [-0.15, -0.1) is 0 Å². The number of rotatable bonds is 12. The SMILES string of the molecule is Cc1cc([N+](=O)[O-])ccc1C(CO)COS(=O)OCC(CO)c1ccc([N+](=O)[O-])cc1C. The molecule has 2 rings (SSSR count). The molecular weight excluding hydrogens is 444 g/mol. The minimum Gasteiger partial charge on any atom is -0.396 e. The van der Waals surface area contributed by atoms with Gasteiger partial charge in [-0.05, 0) is 36.1 Å². The molecule has 0 aliphatic rings. The Labute approximate surface area is 186 Å². The van der Waals surface area contributed by atoms with Crippen molar-refractivity contribution in [3.05, 3.63) is 78.9 Å². The van der Waals surface area contributed by atoms with Crippen molar-refractivity contribution in [2.75, 3.05) is 26.4 Å². The molecule has 12 heteroatoms. The monoisotopic (exact) mass is 468 g/mol. The number of aryl methyl sites for hydroxylation is 2. The molecule has 0 saturated heterocycles. The summed E-state index contributed by atoms with van der Waals surface area (Å²) in [5, 5.41) is 41.1. The lowest BCUT2D eigenvalue weighted by atomic mass is 9.96. The van der Waals surface area contributed by atoms with Crippen LogP contribution in [0.1, 0.15) is 34.1 Å². The van der Waals surface area contributed by atoms with Crippen LogP contribution in [0.4, 0.5) is 11.4 Å². The Kier molecular flexibility index (Phi) is 9.35. The Morgan fingerprint density at radius 3 is 1.50 bits per heavy atom. The Balaban J connectivity index is 1.96. The molecule has 0 aliphatic heterocycles. The van der Waals surface area contributed by atoms with Gasteiger partial charge < -0.3 is 10.2 Å². The van der Waals surface area contributed by atoms with Crippen LogP contribution in [0.3, 0.4) is 0 Å². The average molecular weight is 468 g/mol. The van der Waals surface area contributed by atoms with Crippen molar-refractivity contribution in [1.29, 1.82) is 0 Å². The second-order valence-corrected chi connectivity index (χ2v) is 8.01. The van der Waals surface area contributed by atoms with E-state index in [2.05, 4.69) is 0 Å². The molecule has 11 nitrogen and oxygen atoms in total. The van der Waals surface area contributed by atoms with Crippen molar-refractivity contribution in [3.8, 4) is 0 Å². The number of nitro groups is 2. The zero-order valence-electron chi connectivity index (χ0n) is 17.5. The first-order valence-electron chi connectivity index (χ1n) is 9.57. The van der Waals surface area contributed by atoms with E-state index in [0.29, 0.717) is 22.3 Å². The van der Waals surface area contributed by atoms with E-state index < -0.39 is 33.0 Å². The maximum absolute atomic E-state index is 12.1. The third-order valence-electron chi connectivity index (χ3n) is 4.98. The second-order valence-electron chi connectivity index (χ2n) is 7.13. The molecule has 2 N–H and O–H groups in total. The van der Waals surface area contributed by atoms with Gasteiger partial charge in [0.15, 0.2) is 0 Å². The van der Waals surface area contributed by atoms with Crippen LogP contribution in [0.2, 0.25) is 0 Å². The Morgan fingerprint density at radius 2 is 1.22 bits per heavy atom. The summed E-state index contributed by atoms with van der Waals surface area (Å²) in [4.78, 5) is 20.7. The van der Waals surface area contributed by atoms with Gasteiger partial charge in [0.25, 0.3) is 11.4 Å². The number of nitro benzene ring substituents is 2. The van der Waals surface area contributed by atoms with Gasteiger partial charge in [-0.1, -0.05) is 12.1 Å². The van der Waals surface area contributed by atoms with Crippen molar-refractivity contribution in [3.63, 3.8) is 0 Å². The number of aliphatic hydroxyl groups is 2. The number of non-ortho nitro benzene ring substituents is 2. The quantitative estimate of drug-likeness (QED) is 0.352. The normalized spacial score (nSPS) is 14.0. The molecule has 0 spiro atoms. The molecule has 0 aliphatic carbocycles. The highest BCUT2D eigenvalue weighted by Gasteiger charge is 2.20. The number of benzene rings is 2. The summed E-state index contributed by atoms with van der Waals surface area (Å²) in [6, 6.07) is 8.42. The highest BCUT2D eigenvalue weighted by molar-refractivity contribution is 7.75. The molecule has 0 fully saturated rings. The Morgan fingerprint density at radius 1 is 0.844 bits per heavy atom. The molecule has 0 heterocycles. The highest BCUT2D eigenvalue weighted by Crippen LogP contribution is 2.26. The fourth-order valence-electron chi connectivity index (χ4n) is 3.25. The maximum atomic E-state index is 12.1. The van der Waals surface area contributed by atoms with Gasteiger partial charge in [0.2, 0.25) is 0 Å². The molecule has 0 amide bonds. The van der Waals surface area contributed by atoms with Crippen molar-refractivity contribution in [1.82, 2.24) is 0 Å². The van der Waals surface area contributed by atoms with Gasteiger partial charge in [0.1, 0.15) is 0 Å². The van der Waals surface area contributed by atoms with E-state index in [4.69, 9.17) is 8.37 Å². The highest BCUT2D eigenvalue weighted by atomic mass is 32.2. The lowest BCUT2D eigenvalue weighted by Crippen LogP contribution is -2.18. The Hall–Kier alpha value is -2.77. The van der Waals surface area contributed by atoms with Gasteiger partial charge in [-0.2, -0.15) is 4.21 Å². The molecular formula is C20H24N2O9S. The van der Waals surface area contributed by atoms with Gasteiger partial charge in [-0.25, -0.2) is 0 Å². The van der Waals surface area contributed by atoms with Crippen LogP contribution >= 0.6 is 0 Å². The number of aliphatic hydroxyl groups excluding tert-OH is 2. The first-order valence-corrected chi connectivity index (χ1v) is 10.6. The lowest BCUT2D eigenvalue weighted by molar-refractivity contribution is -0.385. The summed E-state index contributed by atoms with van der Waals surface area (Å²) in [5.74, 6) is -1.15. The van der Waals surface area contributed by atoms with Gasteiger partial charge in [-0.3, -0.25) is 28.6 Å². The van der Waals surface area contributed by atoms with E-state index in [1.807, 2.05) is 0 Å². The molecule has 2 atom stereocenters. The number of hydrogen-bond donors (Lipinski definition) is 2. The minimum atomic E-state index is -2.19. The molecule has 0 bridgehead atoms. The van der Waals surface area contributed by atoms with Gasteiger partial charge in [0.05, 0.1) is 36.3 Å². The molecule has 0 radical (unpaired) electrons. The predicted molar refractivity (Wildman–Crippen MR) is 115 cm³/mol. The van der Waals surface area contributed by atoms with Crippen LogP contribution in [-0.2, 0) is 19.7 Å². The molecule has 0 saturated carbocycles. The van der Waals surface area contributed by atoms with Gasteiger partial charge in [0, 0.05) is 36.1 Å². The first-order chi connectivity index (χ1) is 15.2. The molecule has 174 valence electrons. The zero-order chi connectivity index (χ0) is 23.8. The van der Waals surface area contributed by atoms with Crippen molar-refractivity contribution in [2.45, 2.75) is 25.7 Å². The summed E-state index contributed by atoms with van der Waals surface area (Å²) >= 11 is -2.19. The summed E-state index contributed by atoms with van der Waals surface area (Å²) in [6.45, 7) is 2.33. The Bertz CT molecular complexity index is 922. The molecule has 2 aromatic rings. The van der Waals surface area contributed by atoms with Crippen molar-refractivity contribution < 1.29 is 32.6 Å². The van der Waals surface area contributed by atoms with Crippen LogP contribution in [0, 0.1) is 34.1 Å². The molecule has 2 aromatic carbocycles. The van der Waals surface area contributed by atoms with E-state index in [9.17, 15) is 34.7 Å². The standard InChI is InChI=1S/C20H24N2O9S/c1-13-7-17(21(25)26)3-5-19(13)15(9-23)11-30-32(29)31-12-16(10-24)20-6-4-18(22(27)28)8-14(20)2/h3-8,15-16,23-24H,9-12H2,1-2H3. The maximum Gasteiger partial charge on any atom is 0.304 e. The van der Waals surface area contributed by atoms with Crippen LogP contribution in [0.25, 0.3) is 0 Å². The van der Waals surface area contributed by atoms with Crippen molar-refractivity contribution in [2.24, 2.45) is 0 Å². The lowest BCUT2D eigenvalue weighted by Gasteiger charge is -2.18. The van der Waals surface area contributed by atoms with E-state index in [1.54, 1.807) is 13.8 Å². The van der Waals surface area contributed by atoms with E-state index in [0.717, 1.165) is 0 Å². The average Bonchev–Trinajstić information content (AvgIpc) is 2.75. The topological polar surface area (TPSA) is 162 Å². The largest absolute Gasteiger partial charge is 0.396 e. The third kappa shape index (κ3) is 6.61. The summed E-state index contributed by atoms with van der Waals surface area (Å²) in [5.41, 5.74) is 2.25. The van der Waals surface area contributed by atoms with E-state index in [-0.39, 0.29) is 37.8 Å². The summed E-state index contributed by atoms with van der Waals surface area (Å²) in [6.07, 6.45) is 0. The molecule has 2 unspecified atom stereocenters. The van der Waals surface area contributed by atoms with Crippen LogP contribution in [0.5, 0.6) is 0 Å². The fraction of sp³-hybridized carbons (Fsp3) is 0.400. The van der Waals surface area contributed by atoms with E-state index >= 15 is 0 Å². The third-order valence-corrected chi connectivity index (χ3v) is 5.64. The second kappa shape index (κ2) is 11.7. The number of hydrogen-bond acceptors (Lipinski definition) is 9. The predicted octanol–water partition coefficient (Wildman–Crippen LogP) is 2.58. The zero-order valence-corrected chi connectivity index (χ0v) is 18.3. The van der Waals surface area contributed by atoms with Crippen LogP contribution in [-0.4, -0.2) is 50.7 Å². The summed E-state index contributed by atoms with van der Waals surface area (Å²) < 4.78 is 22.5. The summed E-state index contributed by atoms with van der Waals surface area (Å²) in [7, 11) is 0. The smallest absolute Gasteiger partial charge is 0.304 e. The molecule has 32 heavy (non-hydrogen) atoms. The van der Waals surface area contributed by atoms with Crippen LogP contribution in [0.15, 0.2) is 36.4 Å². The fourth-order valence-corrected chi connectivity index (χ4v) is 3.87. The minimum absolute atomic E-state index is 0.0765. The van der Waals surface area contributed by atoms with E-state index in [1.165, 1.54) is 36.4 Å². The number of nitrogens with zero attached hydrogens (tertiary/aromatic N) is 2. The first kappa shape index (κ1) is 25.5. The molecule has 0 aromatic heterocycles. The van der Waals surface area contributed by atoms with Crippen molar-refractivity contribution >= 4 is 22.7 Å². The van der Waals surface area contributed by atoms with Crippen LogP contribution < -0.4 is 0 Å².